The van der Waals surface area contributed by atoms with Crippen LogP contribution in [0.5, 0.6) is 0 Å². The highest BCUT2D eigenvalue weighted by atomic mass is 16.2. The van der Waals surface area contributed by atoms with Crippen LogP contribution in [-0.4, -0.2) is 17.4 Å². The van der Waals surface area contributed by atoms with Crippen molar-refractivity contribution >= 4 is 12.0 Å². The first kappa shape index (κ1) is 29.4. The Bertz CT molecular complexity index is 1070. The summed E-state index contributed by atoms with van der Waals surface area (Å²) in [6, 6.07) is 31.5. The summed E-state index contributed by atoms with van der Waals surface area (Å²) in [5, 5.41) is 0. The zero-order chi connectivity index (χ0) is 27.4. The van der Waals surface area contributed by atoms with Crippen molar-refractivity contribution in [2.24, 2.45) is 11.3 Å². The van der Waals surface area contributed by atoms with Crippen LogP contribution in [0.15, 0.2) is 96.6 Å². The molecule has 3 rings (SSSR count). The molecular weight excluding hydrogens is 462 g/mol. The second-order valence-corrected chi connectivity index (χ2v) is 12.0. The third-order valence-corrected chi connectivity index (χ3v) is 6.99. The molecule has 1 atom stereocenters. The fourth-order valence-electron chi connectivity index (χ4n) is 5.48. The lowest BCUT2D eigenvalue weighted by Crippen LogP contribution is -2.38. The average molecular weight is 510 g/mol. The van der Waals surface area contributed by atoms with E-state index in [9.17, 15) is 4.79 Å². The highest BCUT2D eigenvalue weighted by molar-refractivity contribution is 5.78. The maximum Gasteiger partial charge on any atom is 0.223 e. The van der Waals surface area contributed by atoms with Crippen molar-refractivity contribution in [1.29, 1.82) is 0 Å². The van der Waals surface area contributed by atoms with Gasteiger partial charge in [0.15, 0.2) is 0 Å². The lowest BCUT2D eigenvalue weighted by molar-refractivity contribution is -0.133. The number of carbonyl (C=O) groups excluding carboxylic acids is 1. The van der Waals surface area contributed by atoms with E-state index in [4.69, 9.17) is 0 Å². The first-order valence-corrected chi connectivity index (χ1v) is 14.4. The van der Waals surface area contributed by atoms with Crippen molar-refractivity contribution in [3.63, 3.8) is 0 Å². The SMILES string of the molecule is CCCCC/C(=C\c1ccccc1)CN(C(=O)CC(C)CC(C)(C)C)C(c1ccccc1)c1ccccc1. The summed E-state index contributed by atoms with van der Waals surface area (Å²) < 4.78 is 0. The second-order valence-electron chi connectivity index (χ2n) is 12.0. The van der Waals surface area contributed by atoms with E-state index in [-0.39, 0.29) is 17.4 Å². The lowest BCUT2D eigenvalue weighted by Gasteiger charge is -2.35. The van der Waals surface area contributed by atoms with E-state index in [1.165, 1.54) is 24.0 Å². The second kappa shape index (κ2) is 14.7. The molecule has 1 amide bonds. The summed E-state index contributed by atoms with van der Waals surface area (Å²) >= 11 is 0. The third kappa shape index (κ3) is 9.63. The van der Waals surface area contributed by atoms with Gasteiger partial charge in [0, 0.05) is 13.0 Å². The molecule has 202 valence electrons. The molecule has 0 aliphatic heterocycles. The molecule has 0 spiro atoms. The van der Waals surface area contributed by atoms with Crippen molar-refractivity contribution in [3.05, 3.63) is 113 Å². The van der Waals surface area contributed by atoms with E-state index in [1.807, 2.05) is 0 Å². The van der Waals surface area contributed by atoms with E-state index in [0.29, 0.717) is 18.9 Å². The predicted molar refractivity (Wildman–Crippen MR) is 163 cm³/mol. The zero-order valence-electron chi connectivity index (χ0n) is 24.2. The minimum Gasteiger partial charge on any atom is -0.328 e. The maximum absolute atomic E-state index is 14.2. The normalized spacial score (nSPS) is 12.9. The van der Waals surface area contributed by atoms with Crippen LogP contribution in [0.2, 0.25) is 0 Å². The molecule has 0 radical (unpaired) electrons. The summed E-state index contributed by atoms with van der Waals surface area (Å²) in [5.74, 6) is 0.549. The summed E-state index contributed by atoms with van der Waals surface area (Å²) in [5.41, 5.74) is 5.02. The van der Waals surface area contributed by atoms with Crippen molar-refractivity contribution in [2.45, 2.75) is 79.2 Å². The highest BCUT2D eigenvalue weighted by Gasteiger charge is 2.29. The summed E-state index contributed by atoms with van der Waals surface area (Å²) in [6.07, 6.45) is 8.41. The molecule has 0 saturated carbocycles. The first-order chi connectivity index (χ1) is 18.3. The molecule has 0 bridgehead atoms. The number of benzene rings is 3. The molecule has 0 fully saturated rings. The molecule has 1 unspecified atom stereocenters. The van der Waals surface area contributed by atoms with E-state index in [1.54, 1.807) is 0 Å². The topological polar surface area (TPSA) is 20.3 Å². The van der Waals surface area contributed by atoms with Crippen LogP contribution in [0.25, 0.3) is 6.08 Å². The Labute approximate surface area is 231 Å². The van der Waals surface area contributed by atoms with Crippen LogP contribution in [0.3, 0.4) is 0 Å². The molecule has 0 aromatic heterocycles. The highest BCUT2D eigenvalue weighted by Crippen LogP contribution is 2.33. The lowest BCUT2D eigenvalue weighted by atomic mass is 9.83. The van der Waals surface area contributed by atoms with Gasteiger partial charge in [0.25, 0.3) is 0 Å². The predicted octanol–water partition coefficient (Wildman–Crippen LogP) is 9.73. The monoisotopic (exact) mass is 509 g/mol. The molecule has 2 nitrogen and oxygen atoms in total. The van der Waals surface area contributed by atoms with Crippen LogP contribution in [0, 0.1) is 11.3 Å². The zero-order valence-corrected chi connectivity index (χ0v) is 24.2. The van der Waals surface area contributed by atoms with Gasteiger partial charge in [0.2, 0.25) is 5.91 Å². The molecule has 38 heavy (non-hydrogen) atoms. The molecule has 0 aliphatic carbocycles. The standard InChI is InChI=1S/C36H47NO/c1-6-7-11-20-31(26-30-18-12-8-13-19-30)28-37(34(38)25-29(2)27-36(3,4)5)35(32-21-14-9-15-22-32)33-23-16-10-17-24-33/h8-10,12-19,21-24,26,29,35H,6-7,11,20,25,27-28H2,1-5H3/b31-26+. The number of nitrogens with zero attached hydrogens (tertiary/aromatic N) is 1. The van der Waals surface area contributed by atoms with Gasteiger partial charge in [-0.2, -0.15) is 0 Å². The minimum absolute atomic E-state index is 0.128. The number of hydrogen-bond donors (Lipinski definition) is 0. The first-order valence-electron chi connectivity index (χ1n) is 14.4. The van der Waals surface area contributed by atoms with Gasteiger partial charge in [-0.3, -0.25) is 4.79 Å². The molecule has 3 aromatic carbocycles. The molecule has 0 aliphatic rings. The Balaban J connectivity index is 2.04. The number of rotatable bonds is 13. The molecule has 0 N–H and O–H groups in total. The quantitative estimate of drug-likeness (QED) is 0.210. The average Bonchev–Trinajstić information content (AvgIpc) is 2.89. The van der Waals surface area contributed by atoms with E-state index in [0.717, 1.165) is 30.4 Å². The van der Waals surface area contributed by atoms with Gasteiger partial charge in [0.05, 0.1) is 6.04 Å². The summed E-state index contributed by atoms with van der Waals surface area (Å²) in [7, 11) is 0. The van der Waals surface area contributed by atoms with Gasteiger partial charge in [-0.1, -0.05) is 150 Å². The van der Waals surface area contributed by atoms with E-state index < -0.39 is 0 Å². The van der Waals surface area contributed by atoms with Crippen LogP contribution >= 0.6 is 0 Å². The molecular formula is C36H47NO. The van der Waals surface area contributed by atoms with Crippen molar-refractivity contribution < 1.29 is 4.79 Å². The molecule has 3 aromatic rings. The van der Waals surface area contributed by atoms with E-state index in [2.05, 4.69) is 137 Å². The molecule has 2 heteroatoms. The summed E-state index contributed by atoms with van der Waals surface area (Å²) in [4.78, 5) is 16.4. The Morgan fingerprint density at radius 2 is 1.34 bits per heavy atom. The Morgan fingerprint density at radius 3 is 1.84 bits per heavy atom. The fourth-order valence-corrected chi connectivity index (χ4v) is 5.48. The smallest absolute Gasteiger partial charge is 0.223 e. The minimum atomic E-state index is -0.128. The van der Waals surface area contributed by atoms with Crippen molar-refractivity contribution in [3.8, 4) is 0 Å². The van der Waals surface area contributed by atoms with Crippen LogP contribution < -0.4 is 0 Å². The number of hydrogen-bond acceptors (Lipinski definition) is 1. The fraction of sp³-hybridized carbons (Fsp3) is 0.417. The van der Waals surface area contributed by atoms with Gasteiger partial charge >= 0.3 is 0 Å². The van der Waals surface area contributed by atoms with Crippen LogP contribution in [0.4, 0.5) is 0 Å². The van der Waals surface area contributed by atoms with E-state index >= 15 is 0 Å². The van der Waals surface area contributed by atoms with Crippen LogP contribution in [-0.2, 0) is 4.79 Å². The van der Waals surface area contributed by atoms with Crippen LogP contribution in [0.1, 0.15) is 95.9 Å². The third-order valence-electron chi connectivity index (χ3n) is 6.99. The number of carbonyl (C=O) groups is 1. The summed E-state index contributed by atoms with van der Waals surface area (Å²) in [6.45, 7) is 11.9. The van der Waals surface area contributed by atoms with Gasteiger partial charge in [0.1, 0.15) is 0 Å². The number of unbranched alkanes of at least 4 members (excludes halogenated alkanes) is 2. The molecule has 0 heterocycles. The maximum atomic E-state index is 14.2. The van der Waals surface area contributed by atoms with Gasteiger partial charge < -0.3 is 4.90 Å². The largest absolute Gasteiger partial charge is 0.328 e. The Hall–Kier alpha value is -3.13. The number of amides is 1. The van der Waals surface area contributed by atoms with Crippen molar-refractivity contribution in [2.75, 3.05) is 6.54 Å². The van der Waals surface area contributed by atoms with Crippen molar-refractivity contribution in [1.82, 2.24) is 4.90 Å². The van der Waals surface area contributed by atoms with Gasteiger partial charge in [-0.05, 0) is 47.3 Å². The molecule has 0 saturated heterocycles. The Morgan fingerprint density at radius 1 is 0.816 bits per heavy atom. The van der Waals surface area contributed by atoms with Gasteiger partial charge in [-0.25, -0.2) is 0 Å². The van der Waals surface area contributed by atoms with Gasteiger partial charge in [-0.15, -0.1) is 0 Å². The Kier molecular flexibility index (Phi) is 11.4.